The van der Waals surface area contributed by atoms with Crippen LogP contribution in [0.25, 0.3) is 0 Å². The van der Waals surface area contributed by atoms with Crippen LogP contribution in [-0.2, 0) is 14.8 Å². The van der Waals surface area contributed by atoms with E-state index < -0.39 is 22.5 Å². The number of anilines is 2. The molecule has 0 bridgehead atoms. The molecule has 0 spiro atoms. The van der Waals surface area contributed by atoms with Gasteiger partial charge in [0, 0.05) is 16.8 Å². The van der Waals surface area contributed by atoms with Crippen LogP contribution >= 0.6 is 11.6 Å². The van der Waals surface area contributed by atoms with Crippen LogP contribution in [0.15, 0.2) is 65.6 Å². The Morgan fingerprint density at radius 1 is 0.882 bits per heavy atom. The number of ether oxygens (including phenoxy) is 3. The number of hydrogen-bond donors (Lipinski definition) is 1. The van der Waals surface area contributed by atoms with E-state index in [1.165, 1.54) is 51.7 Å². The van der Waals surface area contributed by atoms with E-state index in [0.717, 1.165) is 9.87 Å². The fourth-order valence-electron chi connectivity index (χ4n) is 3.23. The predicted molar refractivity (Wildman–Crippen MR) is 132 cm³/mol. The third kappa shape index (κ3) is 5.55. The minimum atomic E-state index is -4.26. The van der Waals surface area contributed by atoms with E-state index in [9.17, 15) is 13.2 Å². The molecule has 34 heavy (non-hydrogen) atoms. The number of hydrogen-bond acceptors (Lipinski definition) is 6. The van der Waals surface area contributed by atoms with Gasteiger partial charge in [-0.2, -0.15) is 0 Å². The first-order valence-electron chi connectivity index (χ1n) is 10.1. The average Bonchev–Trinajstić information content (AvgIpc) is 2.83. The van der Waals surface area contributed by atoms with E-state index in [1.807, 2.05) is 19.1 Å². The van der Waals surface area contributed by atoms with Crippen LogP contribution in [0.2, 0.25) is 5.02 Å². The van der Waals surface area contributed by atoms with Gasteiger partial charge in [0.25, 0.3) is 10.0 Å². The van der Waals surface area contributed by atoms with Gasteiger partial charge in [0.1, 0.15) is 12.3 Å². The van der Waals surface area contributed by atoms with Gasteiger partial charge in [-0.05, 0) is 49.4 Å². The Hall–Kier alpha value is -3.43. The van der Waals surface area contributed by atoms with Crippen LogP contribution in [-0.4, -0.2) is 42.2 Å². The molecule has 8 nitrogen and oxygen atoms in total. The van der Waals surface area contributed by atoms with E-state index in [0.29, 0.717) is 11.4 Å². The summed E-state index contributed by atoms with van der Waals surface area (Å²) in [6.45, 7) is 1.40. The monoisotopic (exact) mass is 504 g/mol. The summed E-state index contributed by atoms with van der Waals surface area (Å²) in [5, 5.41) is 3.00. The zero-order valence-corrected chi connectivity index (χ0v) is 20.7. The van der Waals surface area contributed by atoms with Gasteiger partial charge < -0.3 is 19.5 Å². The summed E-state index contributed by atoms with van der Waals surface area (Å²) >= 11 is 6.17. The maximum absolute atomic E-state index is 13.8. The highest BCUT2D eigenvalue weighted by atomic mass is 35.5. The summed E-state index contributed by atoms with van der Waals surface area (Å²) in [6, 6.07) is 15.9. The molecule has 0 atom stereocenters. The lowest BCUT2D eigenvalue weighted by Crippen LogP contribution is -2.38. The molecule has 0 aromatic heterocycles. The van der Waals surface area contributed by atoms with Crippen molar-refractivity contribution in [2.75, 3.05) is 37.5 Å². The zero-order chi connectivity index (χ0) is 24.9. The Balaban J connectivity index is 2.07. The van der Waals surface area contributed by atoms with Gasteiger partial charge in [0.05, 0.1) is 31.9 Å². The molecular formula is C24H25ClN2O6S. The minimum absolute atomic E-state index is 0.102. The Kier molecular flexibility index (Phi) is 7.90. The van der Waals surface area contributed by atoms with Crippen molar-refractivity contribution in [3.05, 3.63) is 71.2 Å². The maximum atomic E-state index is 13.8. The lowest BCUT2D eigenvalue weighted by molar-refractivity contribution is -0.114. The van der Waals surface area contributed by atoms with Gasteiger partial charge in [0.15, 0.2) is 11.5 Å². The summed E-state index contributed by atoms with van der Waals surface area (Å²) in [4.78, 5) is 12.8. The smallest absolute Gasteiger partial charge is 0.265 e. The standard InChI is InChI=1S/C24H25ClN2O6S/c1-16-5-8-18(9-6-16)26-24(28)15-27(20-13-17(25)7-11-21(20)31-2)34(29,30)19-10-12-22(32-3)23(14-19)33-4/h5-14H,15H2,1-4H3,(H,26,28). The van der Waals surface area contributed by atoms with Crippen LogP contribution in [0.4, 0.5) is 11.4 Å². The molecule has 3 aromatic carbocycles. The maximum Gasteiger partial charge on any atom is 0.265 e. The molecule has 3 aromatic rings. The number of carbonyl (C=O) groups excluding carboxylic acids is 1. The molecule has 0 radical (unpaired) electrons. The SMILES string of the molecule is COc1ccc(S(=O)(=O)N(CC(=O)Nc2ccc(C)cc2)c2cc(Cl)ccc2OC)cc1OC. The van der Waals surface area contributed by atoms with E-state index in [-0.39, 0.29) is 27.1 Å². The Morgan fingerprint density at radius 3 is 2.12 bits per heavy atom. The van der Waals surface area contributed by atoms with Crippen molar-refractivity contribution in [3.63, 3.8) is 0 Å². The summed E-state index contributed by atoms with van der Waals surface area (Å²) in [7, 11) is -0.000923. The minimum Gasteiger partial charge on any atom is -0.495 e. The zero-order valence-electron chi connectivity index (χ0n) is 19.2. The Labute approximate surface area is 204 Å². The van der Waals surface area contributed by atoms with Crippen LogP contribution in [0.3, 0.4) is 0 Å². The van der Waals surface area contributed by atoms with Crippen LogP contribution in [0.5, 0.6) is 17.2 Å². The molecule has 1 N–H and O–H groups in total. The van der Waals surface area contributed by atoms with E-state index in [1.54, 1.807) is 18.2 Å². The molecule has 10 heteroatoms. The number of nitrogens with one attached hydrogen (secondary N) is 1. The number of aryl methyl sites for hydroxylation is 1. The average molecular weight is 505 g/mol. The van der Waals surface area contributed by atoms with Crippen LogP contribution in [0, 0.1) is 6.92 Å². The molecule has 0 heterocycles. The third-order valence-electron chi connectivity index (χ3n) is 4.98. The van der Waals surface area contributed by atoms with Gasteiger partial charge in [-0.25, -0.2) is 8.42 Å². The number of halogens is 1. The van der Waals surface area contributed by atoms with Crippen molar-refractivity contribution in [3.8, 4) is 17.2 Å². The molecule has 0 unspecified atom stereocenters. The highest BCUT2D eigenvalue weighted by molar-refractivity contribution is 7.92. The lowest BCUT2D eigenvalue weighted by Gasteiger charge is -2.26. The van der Waals surface area contributed by atoms with E-state index >= 15 is 0 Å². The van der Waals surface area contributed by atoms with Crippen molar-refractivity contribution in [1.29, 1.82) is 0 Å². The number of nitrogens with zero attached hydrogens (tertiary/aromatic N) is 1. The largest absolute Gasteiger partial charge is 0.495 e. The molecule has 0 aliphatic carbocycles. The molecule has 0 fully saturated rings. The van der Waals surface area contributed by atoms with Gasteiger partial charge >= 0.3 is 0 Å². The Morgan fingerprint density at radius 2 is 1.50 bits per heavy atom. The van der Waals surface area contributed by atoms with Crippen LogP contribution in [0.1, 0.15) is 5.56 Å². The summed E-state index contributed by atoms with van der Waals surface area (Å²) < 4.78 is 44.3. The normalized spacial score (nSPS) is 11.0. The van der Waals surface area contributed by atoms with Gasteiger partial charge in [-0.3, -0.25) is 9.10 Å². The van der Waals surface area contributed by atoms with E-state index in [2.05, 4.69) is 5.32 Å². The van der Waals surface area contributed by atoms with Crippen molar-refractivity contribution in [1.82, 2.24) is 0 Å². The highest BCUT2D eigenvalue weighted by Gasteiger charge is 2.30. The molecule has 3 rings (SSSR count). The van der Waals surface area contributed by atoms with Crippen molar-refractivity contribution < 1.29 is 27.4 Å². The first-order valence-corrected chi connectivity index (χ1v) is 12.0. The van der Waals surface area contributed by atoms with Crippen molar-refractivity contribution >= 4 is 38.9 Å². The molecule has 0 saturated heterocycles. The summed E-state index contributed by atoms with van der Waals surface area (Å²) in [5.74, 6) is 0.280. The fraction of sp³-hybridized carbons (Fsp3) is 0.208. The quantitative estimate of drug-likeness (QED) is 0.461. The van der Waals surface area contributed by atoms with E-state index in [4.69, 9.17) is 25.8 Å². The van der Waals surface area contributed by atoms with Crippen molar-refractivity contribution in [2.45, 2.75) is 11.8 Å². The topological polar surface area (TPSA) is 94.2 Å². The van der Waals surface area contributed by atoms with Crippen molar-refractivity contribution in [2.24, 2.45) is 0 Å². The molecule has 0 saturated carbocycles. The molecule has 1 amide bonds. The van der Waals surface area contributed by atoms with Crippen LogP contribution < -0.4 is 23.8 Å². The number of methoxy groups -OCH3 is 3. The summed E-state index contributed by atoms with van der Waals surface area (Å²) in [5.41, 5.74) is 1.68. The number of benzene rings is 3. The number of sulfonamides is 1. The van der Waals surface area contributed by atoms with Gasteiger partial charge in [0.2, 0.25) is 5.91 Å². The molecular weight excluding hydrogens is 480 g/mol. The summed E-state index contributed by atoms with van der Waals surface area (Å²) in [6.07, 6.45) is 0. The predicted octanol–water partition coefficient (Wildman–Crippen LogP) is 4.51. The highest BCUT2D eigenvalue weighted by Crippen LogP contribution is 2.37. The van der Waals surface area contributed by atoms with Gasteiger partial charge in [-0.15, -0.1) is 0 Å². The number of carbonyl (C=O) groups is 1. The second kappa shape index (κ2) is 10.7. The Bertz CT molecular complexity index is 1280. The molecule has 180 valence electrons. The third-order valence-corrected chi connectivity index (χ3v) is 6.97. The fourth-order valence-corrected chi connectivity index (χ4v) is 4.84. The first-order chi connectivity index (χ1) is 16.2. The molecule has 0 aliphatic rings. The first kappa shape index (κ1) is 25.2. The second-order valence-corrected chi connectivity index (χ2v) is 9.56. The number of rotatable bonds is 9. The number of amides is 1. The van der Waals surface area contributed by atoms with Gasteiger partial charge in [-0.1, -0.05) is 29.3 Å². The molecule has 0 aliphatic heterocycles. The lowest BCUT2D eigenvalue weighted by atomic mass is 10.2. The second-order valence-electron chi connectivity index (χ2n) is 7.26.